The van der Waals surface area contributed by atoms with Gasteiger partial charge in [0.1, 0.15) is 0 Å². The van der Waals surface area contributed by atoms with Crippen LogP contribution in [0.4, 0.5) is 0 Å². The van der Waals surface area contributed by atoms with Gasteiger partial charge in [0.15, 0.2) is 0 Å². The van der Waals surface area contributed by atoms with Gasteiger partial charge in [-0.15, -0.1) is 0 Å². The molecular weight excluding hydrogens is 242 g/mol. The maximum absolute atomic E-state index is 10.7. The van der Waals surface area contributed by atoms with E-state index in [4.69, 9.17) is 14.6 Å². The Balaban J connectivity index is 2.10. The van der Waals surface area contributed by atoms with Gasteiger partial charge in [0.2, 0.25) is 10.0 Å². The Morgan fingerprint density at radius 3 is 2.35 bits per heavy atom. The van der Waals surface area contributed by atoms with E-state index in [0.29, 0.717) is 13.0 Å². The van der Waals surface area contributed by atoms with Crippen LogP contribution in [0.5, 0.6) is 0 Å². The van der Waals surface area contributed by atoms with Crippen molar-refractivity contribution in [2.24, 2.45) is 5.14 Å². The summed E-state index contributed by atoms with van der Waals surface area (Å²) < 4.78 is 32.7. The zero-order valence-electron chi connectivity index (χ0n) is 10.6. The molecule has 0 aliphatic carbocycles. The van der Waals surface area contributed by atoms with Crippen LogP contribution >= 0.6 is 0 Å². The minimum atomic E-state index is -3.32. The normalized spacial score (nSPS) is 30.4. The summed E-state index contributed by atoms with van der Waals surface area (Å²) in [5.41, 5.74) is 0. The van der Waals surface area contributed by atoms with E-state index in [9.17, 15) is 8.42 Å². The van der Waals surface area contributed by atoms with Crippen molar-refractivity contribution in [2.45, 2.75) is 57.8 Å². The van der Waals surface area contributed by atoms with Gasteiger partial charge in [0.05, 0.1) is 24.1 Å². The molecular formula is C11H23NO4S. The first kappa shape index (κ1) is 14.9. The zero-order chi connectivity index (χ0) is 12.9. The van der Waals surface area contributed by atoms with Crippen LogP contribution in [0.25, 0.3) is 0 Å². The molecule has 0 amide bonds. The van der Waals surface area contributed by atoms with Crippen LogP contribution in [-0.2, 0) is 19.5 Å². The highest BCUT2D eigenvalue weighted by Crippen LogP contribution is 2.21. The standard InChI is InChI=1S/C11H23NO4S/c1-9-7-11(8-10(2)16-9)15-5-3-4-6-17(12,13)14/h9-11H,3-8H2,1-2H3,(H2,12,13,14). The summed E-state index contributed by atoms with van der Waals surface area (Å²) in [4.78, 5) is 0. The summed E-state index contributed by atoms with van der Waals surface area (Å²) in [6.07, 6.45) is 3.85. The number of primary sulfonamides is 1. The molecule has 6 heteroatoms. The predicted molar refractivity (Wildman–Crippen MR) is 66.2 cm³/mol. The first-order valence-electron chi connectivity index (χ1n) is 6.14. The molecule has 1 saturated heterocycles. The van der Waals surface area contributed by atoms with Crippen molar-refractivity contribution in [3.63, 3.8) is 0 Å². The van der Waals surface area contributed by atoms with E-state index in [1.807, 2.05) is 13.8 Å². The van der Waals surface area contributed by atoms with Crippen molar-refractivity contribution in [1.82, 2.24) is 0 Å². The molecule has 17 heavy (non-hydrogen) atoms. The molecule has 2 unspecified atom stereocenters. The third kappa shape index (κ3) is 6.98. The Kier molecular flexibility index (Phi) is 5.85. The van der Waals surface area contributed by atoms with E-state index in [-0.39, 0.29) is 24.1 Å². The lowest BCUT2D eigenvalue weighted by Crippen LogP contribution is -2.34. The van der Waals surface area contributed by atoms with Crippen molar-refractivity contribution in [3.8, 4) is 0 Å². The second-order valence-electron chi connectivity index (χ2n) is 4.80. The van der Waals surface area contributed by atoms with Crippen LogP contribution in [0.2, 0.25) is 0 Å². The molecule has 0 aromatic heterocycles. The van der Waals surface area contributed by atoms with Crippen LogP contribution < -0.4 is 5.14 Å². The molecule has 0 saturated carbocycles. The first-order chi connectivity index (χ1) is 7.87. The largest absolute Gasteiger partial charge is 0.378 e. The Bertz CT molecular complexity index is 307. The van der Waals surface area contributed by atoms with Gasteiger partial charge in [-0.25, -0.2) is 13.6 Å². The summed E-state index contributed by atoms with van der Waals surface area (Å²) in [6, 6.07) is 0. The zero-order valence-corrected chi connectivity index (χ0v) is 11.4. The molecule has 2 atom stereocenters. The topological polar surface area (TPSA) is 78.6 Å². The summed E-state index contributed by atoms with van der Waals surface area (Å²) in [7, 11) is -3.32. The third-order valence-electron chi connectivity index (χ3n) is 2.83. The second kappa shape index (κ2) is 6.68. The van der Waals surface area contributed by atoms with Gasteiger partial charge >= 0.3 is 0 Å². The Hall–Kier alpha value is -0.170. The highest BCUT2D eigenvalue weighted by atomic mass is 32.2. The second-order valence-corrected chi connectivity index (χ2v) is 6.53. The molecule has 0 spiro atoms. The van der Waals surface area contributed by atoms with E-state index >= 15 is 0 Å². The third-order valence-corrected chi connectivity index (χ3v) is 3.69. The van der Waals surface area contributed by atoms with Crippen molar-refractivity contribution in [2.75, 3.05) is 12.4 Å². The molecule has 0 aromatic carbocycles. The molecule has 2 N–H and O–H groups in total. The molecule has 1 fully saturated rings. The van der Waals surface area contributed by atoms with Crippen molar-refractivity contribution >= 4 is 10.0 Å². The van der Waals surface area contributed by atoms with Crippen LogP contribution in [0.3, 0.4) is 0 Å². The fourth-order valence-electron chi connectivity index (χ4n) is 2.14. The minimum Gasteiger partial charge on any atom is -0.378 e. The number of hydrogen-bond donors (Lipinski definition) is 1. The maximum atomic E-state index is 10.7. The van der Waals surface area contributed by atoms with Crippen LogP contribution in [0.1, 0.15) is 39.5 Å². The molecule has 0 aromatic rings. The van der Waals surface area contributed by atoms with Gasteiger partial charge in [-0.05, 0) is 39.5 Å². The van der Waals surface area contributed by atoms with E-state index in [0.717, 1.165) is 19.3 Å². The molecule has 0 bridgehead atoms. The summed E-state index contributed by atoms with van der Waals surface area (Å²) in [5, 5.41) is 4.91. The molecule has 1 aliphatic rings. The fourth-order valence-corrected chi connectivity index (χ4v) is 2.74. The number of unbranched alkanes of at least 4 members (excludes halogenated alkanes) is 1. The monoisotopic (exact) mass is 265 g/mol. The molecule has 102 valence electrons. The molecule has 1 aliphatic heterocycles. The molecule has 1 rings (SSSR count). The Morgan fingerprint density at radius 1 is 1.24 bits per heavy atom. The lowest BCUT2D eigenvalue weighted by Gasteiger charge is -2.32. The van der Waals surface area contributed by atoms with Crippen LogP contribution in [-0.4, -0.2) is 39.1 Å². The van der Waals surface area contributed by atoms with Gasteiger partial charge in [0.25, 0.3) is 0 Å². The summed E-state index contributed by atoms with van der Waals surface area (Å²) in [6.45, 7) is 4.69. The molecule has 1 heterocycles. The number of ether oxygens (including phenoxy) is 2. The van der Waals surface area contributed by atoms with Gasteiger partial charge in [0, 0.05) is 6.61 Å². The predicted octanol–water partition coefficient (Wildman–Crippen LogP) is 1.03. The number of hydrogen-bond acceptors (Lipinski definition) is 4. The van der Waals surface area contributed by atoms with Crippen molar-refractivity contribution in [1.29, 1.82) is 0 Å². The molecule has 0 radical (unpaired) electrons. The van der Waals surface area contributed by atoms with E-state index in [2.05, 4.69) is 0 Å². The van der Waals surface area contributed by atoms with Crippen molar-refractivity contribution in [3.05, 3.63) is 0 Å². The van der Waals surface area contributed by atoms with E-state index < -0.39 is 10.0 Å². The van der Waals surface area contributed by atoms with Crippen LogP contribution in [0.15, 0.2) is 0 Å². The van der Waals surface area contributed by atoms with E-state index in [1.54, 1.807) is 0 Å². The van der Waals surface area contributed by atoms with Gasteiger partial charge in [-0.2, -0.15) is 0 Å². The minimum absolute atomic E-state index is 0.0386. The number of nitrogens with two attached hydrogens (primary N) is 1. The van der Waals surface area contributed by atoms with Gasteiger partial charge in [-0.1, -0.05) is 0 Å². The smallest absolute Gasteiger partial charge is 0.209 e. The van der Waals surface area contributed by atoms with E-state index in [1.165, 1.54) is 0 Å². The molecule has 5 nitrogen and oxygen atoms in total. The maximum Gasteiger partial charge on any atom is 0.209 e. The highest BCUT2D eigenvalue weighted by molar-refractivity contribution is 7.89. The summed E-state index contributed by atoms with van der Waals surface area (Å²) in [5.74, 6) is 0.0386. The van der Waals surface area contributed by atoms with Gasteiger partial charge < -0.3 is 9.47 Å². The quantitative estimate of drug-likeness (QED) is 0.727. The Morgan fingerprint density at radius 2 is 1.82 bits per heavy atom. The lowest BCUT2D eigenvalue weighted by molar-refractivity contribution is -0.102. The highest BCUT2D eigenvalue weighted by Gasteiger charge is 2.24. The number of rotatable bonds is 6. The van der Waals surface area contributed by atoms with Gasteiger partial charge in [-0.3, -0.25) is 0 Å². The first-order valence-corrected chi connectivity index (χ1v) is 7.86. The lowest BCUT2D eigenvalue weighted by atomic mass is 10.0. The fraction of sp³-hybridized carbons (Fsp3) is 1.00. The van der Waals surface area contributed by atoms with Crippen LogP contribution in [0, 0.1) is 0 Å². The average molecular weight is 265 g/mol. The summed E-state index contributed by atoms with van der Waals surface area (Å²) >= 11 is 0. The van der Waals surface area contributed by atoms with Crippen molar-refractivity contribution < 1.29 is 17.9 Å². The Labute approximate surface area is 104 Å². The SMILES string of the molecule is CC1CC(OCCCCS(N)(=O)=O)CC(C)O1. The average Bonchev–Trinajstić information content (AvgIpc) is 2.13. The number of sulfonamides is 1.